The van der Waals surface area contributed by atoms with Gasteiger partial charge in [-0.05, 0) is 58.2 Å². The Balaban J connectivity index is 1.51. The summed E-state index contributed by atoms with van der Waals surface area (Å²) in [6.07, 6.45) is 9.02. The molecule has 4 aliphatic rings. The van der Waals surface area contributed by atoms with E-state index in [1.165, 1.54) is 6.42 Å². The summed E-state index contributed by atoms with van der Waals surface area (Å²) in [6.45, 7) is 7.80. The van der Waals surface area contributed by atoms with Gasteiger partial charge in [-0.25, -0.2) is 0 Å². The molecule has 5 unspecified atom stereocenters. The first-order valence-electron chi connectivity index (χ1n) is 13.0. The standard InChI is InChI=1S/C28H36ClN3O4/c1-26(2,3)31-24(34)22-28-15-14-27(4,36-28)20(23(33)30-19-8-6-5-7-9-19)21(28)25(35)32(22)16-17-10-12-18(29)13-11-17/h10-15,19-22H,5-9,16H2,1-4H3,(H,30,33)(H,31,34). The fourth-order valence-corrected chi connectivity index (χ4v) is 6.69. The Morgan fingerprint density at radius 1 is 1.08 bits per heavy atom. The molecular formula is C28H36ClN3O4. The highest BCUT2D eigenvalue weighted by Gasteiger charge is 2.76. The van der Waals surface area contributed by atoms with Gasteiger partial charge in [-0.1, -0.05) is 55.1 Å². The number of amides is 3. The molecule has 2 saturated heterocycles. The van der Waals surface area contributed by atoms with E-state index in [0.717, 1.165) is 31.2 Å². The van der Waals surface area contributed by atoms with Crippen molar-refractivity contribution in [3.63, 3.8) is 0 Å². The Hall–Kier alpha value is -2.38. The number of likely N-dealkylation sites (tertiary alicyclic amines) is 1. The predicted octanol–water partition coefficient (Wildman–Crippen LogP) is 3.74. The second-order valence-electron chi connectivity index (χ2n) is 12.0. The normalized spacial score (nSPS) is 33.6. The summed E-state index contributed by atoms with van der Waals surface area (Å²) in [5.74, 6) is -2.13. The Morgan fingerprint density at radius 3 is 2.39 bits per heavy atom. The monoisotopic (exact) mass is 513 g/mol. The van der Waals surface area contributed by atoms with E-state index < -0.39 is 34.6 Å². The van der Waals surface area contributed by atoms with Crippen LogP contribution in [0.1, 0.15) is 65.4 Å². The summed E-state index contributed by atoms with van der Waals surface area (Å²) in [7, 11) is 0. The number of fused-ring (bicyclic) bond motifs is 1. The van der Waals surface area contributed by atoms with E-state index in [-0.39, 0.29) is 30.3 Å². The average molecular weight is 514 g/mol. The number of carbonyl (C=O) groups is 3. The van der Waals surface area contributed by atoms with E-state index in [1.54, 1.807) is 17.0 Å². The third-order valence-electron chi connectivity index (χ3n) is 8.04. The minimum atomic E-state index is -1.19. The van der Waals surface area contributed by atoms with Gasteiger partial charge in [-0.2, -0.15) is 0 Å². The van der Waals surface area contributed by atoms with E-state index >= 15 is 0 Å². The number of ether oxygens (including phenoxy) is 1. The summed E-state index contributed by atoms with van der Waals surface area (Å²) >= 11 is 6.07. The first-order chi connectivity index (χ1) is 16.9. The van der Waals surface area contributed by atoms with Crippen LogP contribution in [0.25, 0.3) is 0 Å². The average Bonchev–Trinajstić information content (AvgIpc) is 3.36. The highest BCUT2D eigenvalue weighted by atomic mass is 35.5. The van der Waals surface area contributed by atoms with Crippen LogP contribution in [0, 0.1) is 11.8 Å². The second-order valence-corrected chi connectivity index (χ2v) is 12.4. The fraction of sp³-hybridized carbons (Fsp3) is 0.607. The summed E-state index contributed by atoms with van der Waals surface area (Å²) in [4.78, 5) is 43.1. The molecule has 5 rings (SSSR count). The maximum absolute atomic E-state index is 14.1. The predicted molar refractivity (Wildman–Crippen MR) is 137 cm³/mol. The summed E-state index contributed by atoms with van der Waals surface area (Å²) < 4.78 is 6.58. The second kappa shape index (κ2) is 8.88. The molecule has 1 aromatic rings. The lowest BCUT2D eigenvalue weighted by molar-refractivity contribution is -0.146. The topological polar surface area (TPSA) is 87.7 Å². The zero-order valence-corrected chi connectivity index (χ0v) is 22.2. The fourth-order valence-electron chi connectivity index (χ4n) is 6.56. The van der Waals surface area contributed by atoms with Gasteiger partial charge in [0.25, 0.3) is 0 Å². The van der Waals surface area contributed by atoms with Gasteiger partial charge in [-0.15, -0.1) is 0 Å². The molecule has 3 fully saturated rings. The minimum Gasteiger partial charge on any atom is -0.356 e. The molecule has 2 N–H and O–H groups in total. The van der Waals surface area contributed by atoms with Crippen molar-refractivity contribution in [1.82, 2.24) is 15.5 Å². The Bertz CT molecular complexity index is 1090. The van der Waals surface area contributed by atoms with Gasteiger partial charge in [0.05, 0.1) is 17.4 Å². The molecule has 1 spiro atoms. The number of nitrogens with one attached hydrogen (secondary N) is 2. The molecule has 2 bridgehead atoms. The van der Waals surface area contributed by atoms with E-state index in [9.17, 15) is 14.4 Å². The van der Waals surface area contributed by atoms with Crippen molar-refractivity contribution in [3.8, 4) is 0 Å². The zero-order chi connectivity index (χ0) is 25.9. The van der Waals surface area contributed by atoms with Crippen LogP contribution in [-0.4, -0.2) is 51.4 Å². The molecule has 8 heteroatoms. The van der Waals surface area contributed by atoms with Crippen LogP contribution in [0.3, 0.4) is 0 Å². The molecular weight excluding hydrogens is 478 g/mol. The molecule has 3 heterocycles. The summed E-state index contributed by atoms with van der Waals surface area (Å²) in [6, 6.07) is 6.46. The number of nitrogens with zero attached hydrogens (tertiary/aromatic N) is 1. The molecule has 194 valence electrons. The highest BCUT2D eigenvalue weighted by Crippen LogP contribution is 2.60. The van der Waals surface area contributed by atoms with E-state index in [2.05, 4.69) is 10.6 Å². The van der Waals surface area contributed by atoms with Crippen LogP contribution in [0.15, 0.2) is 36.4 Å². The SMILES string of the molecule is CC(C)(C)NC(=O)C1N(Cc2ccc(Cl)cc2)C(=O)C2C(C(=O)NC3CCCCC3)C3(C)C=CC21O3. The number of hydrogen-bond donors (Lipinski definition) is 2. The van der Waals surface area contributed by atoms with Crippen molar-refractivity contribution in [2.24, 2.45) is 11.8 Å². The molecule has 1 aromatic carbocycles. The van der Waals surface area contributed by atoms with Gasteiger partial charge in [-0.3, -0.25) is 14.4 Å². The van der Waals surface area contributed by atoms with Crippen molar-refractivity contribution in [3.05, 3.63) is 47.0 Å². The number of halogens is 1. The smallest absolute Gasteiger partial charge is 0.246 e. The number of rotatable bonds is 5. The van der Waals surface area contributed by atoms with Crippen molar-refractivity contribution in [1.29, 1.82) is 0 Å². The van der Waals surface area contributed by atoms with Crippen molar-refractivity contribution >= 4 is 29.3 Å². The zero-order valence-electron chi connectivity index (χ0n) is 21.5. The maximum Gasteiger partial charge on any atom is 0.246 e. The van der Waals surface area contributed by atoms with Crippen LogP contribution >= 0.6 is 11.6 Å². The first kappa shape index (κ1) is 25.3. The molecule has 1 aliphatic carbocycles. The molecule has 36 heavy (non-hydrogen) atoms. The van der Waals surface area contributed by atoms with Crippen molar-refractivity contribution < 1.29 is 19.1 Å². The molecule has 1 saturated carbocycles. The number of benzene rings is 1. The summed E-state index contributed by atoms with van der Waals surface area (Å²) in [5, 5.41) is 6.86. The van der Waals surface area contributed by atoms with Crippen LogP contribution in [0.2, 0.25) is 5.02 Å². The third-order valence-corrected chi connectivity index (χ3v) is 8.30. The van der Waals surface area contributed by atoms with Gasteiger partial charge < -0.3 is 20.3 Å². The largest absolute Gasteiger partial charge is 0.356 e. The molecule has 0 aromatic heterocycles. The van der Waals surface area contributed by atoms with Crippen LogP contribution in [-0.2, 0) is 25.7 Å². The lowest BCUT2D eigenvalue weighted by Gasteiger charge is -2.35. The van der Waals surface area contributed by atoms with Gasteiger partial charge >= 0.3 is 0 Å². The Morgan fingerprint density at radius 2 is 1.75 bits per heavy atom. The maximum atomic E-state index is 14.1. The Labute approximate surface area is 218 Å². The molecule has 3 aliphatic heterocycles. The molecule has 3 amide bonds. The Kier molecular flexibility index (Phi) is 6.23. The van der Waals surface area contributed by atoms with E-state index in [1.807, 2.05) is 52.0 Å². The third kappa shape index (κ3) is 4.24. The van der Waals surface area contributed by atoms with Crippen LogP contribution < -0.4 is 10.6 Å². The number of carbonyl (C=O) groups excluding carboxylic acids is 3. The van der Waals surface area contributed by atoms with Gasteiger partial charge in [0, 0.05) is 23.1 Å². The molecule has 5 atom stereocenters. The van der Waals surface area contributed by atoms with Crippen molar-refractivity contribution in [2.45, 2.75) is 95.2 Å². The van der Waals surface area contributed by atoms with Crippen LogP contribution in [0.5, 0.6) is 0 Å². The lowest BCUT2D eigenvalue weighted by Crippen LogP contribution is -2.57. The first-order valence-corrected chi connectivity index (χ1v) is 13.4. The minimum absolute atomic E-state index is 0.121. The van der Waals surface area contributed by atoms with Gasteiger partial charge in [0.2, 0.25) is 17.7 Å². The van der Waals surface area contributed by atoms with Crippen molar-refractivity contribution in [2.75, 3.05) is 0 Å². The summed E-state index contributed by atoms with van der Waals surface area (Å²) in [5.41, 5.74) is -1.78. The lowest BCUT2D eigenvalue weighted by atomic mass is 9.70. The van der Waals surface area contributed by atoms with E-state index in [0.29, 0.717) is 5.02 Å². The van der Waals surface area contributed by atoms with Gasteiger partial charge in [0.15, 0.2) is 0 Å². The number of hydrogen-bond acceptors (Lipinski definition) is 4. The quantitative estimate of drug-likeness (QED) is 0.587. The van der Waals surface area contributed by atoms with Gasteiger partial charge in [0.1, 0.15) is 11.6 Å². The highest BCUT2D eigenvalue weighted by molar-refractivity contribution is 6.30. The van der Waals surface area contributed by atoms with Crippen LogP contribution in [0.4, 0.5) is 0 Å². The van der Waals surface area contributed by atoms with E-state index in [4.69, 9.17) is 16.3 Å². The molecule has 7 nitrogen and oxygen atoms in total. The molecule has 0 radical (unpaired) electrons.